The number of hydrogen-bond donors (Lipinski definition) is 1. The number of nitrogens with zero attached hydrogens (tertiary/aromatic N) is 3. The third-order valence-corrected chi connectivity index (χ3v) is 5.97. The van der Waals surface area contributed by atoms with E-state index in [-0.39, 0.29) is 24.3 Å². The van der Waals surface area contributed by atoms with E-state index in [0.29, 0.717) is 24.2 Å². The van der Waals surface area contributed by atoms with Crippen LogP contribution in [0.4, 0.5) is 11.4 Å². The summed E-state index contributed by atoms with van der Waals surface area (Å²) < 4.78 is 5.38. The predicted octanol–water partition coefficient (Wildman–Crippen LogP) is 2.36. The number of likely N-dealkylation sites (tertiary alicyclic amines) is 1. The van der Waals surface area contributed by atoms with Gasteiger partial charge in [0.1, 0.15) is 0 Å². The number of morpholine rings is 1. The molecule has 33 heavy (non-hydrogen) atoms. The highest BCUT2D eigenvalue weighted by Gasteiger charge is 2.21. The summed E-state index contributed by atoms with van der Waals surface area (Å²) >= 11 is 0. The number of benzene rings is 2. The van der Waals surface area contributed by atoms with Crippen molar-refractivity contribution in [3.8, 4) is 0 Å². The van der Waals surface area contributed by atoms with E-state index in [0.717, 1.165) is 50.5 Å². The first-order valence-electron chi connectivity index (χ1n) is 11.3. The molecule has 0 aliphatic carbocycles. The van der Waals surface area contributed by atoms with Gasteiger partial charge < -0.3 is 24.8 Å². The zero-order valence-electron chi connectivity index (χ0n) is 19.0. The highest BCUT2D eigenvalue weighted by Crippen LogP contribution is 2.19. The molecule has 0 saturated carbocycles. The Hall–Kier alpha value is -3.39. The number of likely N-dealkylation sites (N-methyl/N-ethyl adjacent to an activating group) is 1. The van der Waals surface area contributed by atoms with E-state index in [2.05, 4.69) is 10.2 Å². The molecular formula is C25H30N4O4. The molecule has 2 aliphatic heterocycles. The Morgan fingerprint density at radius 2 is 1.82 bits per heavy atom. The Morgan fingerprint density at radius 3 is 2.52 bits per heavy atom. The lowest BCUT2D eigenvalue weighted by molar-refractivity contribution is -0.128. The average molecular weight is 451 g/mol. The van der Waals surface area contributed by atoms with Gasteiger partial charge in [0.05, 0.1) is 19.8 Å². The lowest BCUT2D eigenvalue weighted by atomic mass is 10.1. The topological polar surface area (TPSA) is 82.2 Å². The summed E-state index contributed by atoms with van der Waals surface area (Å²) in [4.78, 5) is 42.7. The maximum atomic E-state index is 12.9. The average Bonchev–Trinajstić information content (AvgIpc) is 3.24. The van der Waals surface area contributed by atoms with E-state index in [4.69, 9.17) is 4.74 Å². The Bertz CT molecular complexity index is 1000. The maximum Gasteiger partial charge on any atom is 0.254 e. The van der Waals surface area contributed by atoms with Gasteiger partial charge in [-0.15, -0.1) is 0 Å². The highest BCUT2D eigenvalue weighted by atomic mass is 16.5. The third-order valence-electron chi connectivity index (χ3n) is 5.97. The summed E-state index contributed by atoms with van der Waals surface area (Å²) in [6.07, 6.45) is 1.47. The molecule has 3 amide bonds. The number of carbonyl (C=O) groups is 3. The molecular weight excluding hydrogens is 420 g/mol. The van der Waals surface area contributed by atoms with Crippen LogP contribution in [0.2, 0.25) is 0 Å². The van der Waals surface area contributed by atoms with Crippen molar-refractivity contribution >= 4 is 29.1 Å². The summed E-state index contributed by atoms with van der Waals surface area (Å²) in [6.45, 7) is 4.35. The first-order chi connectivity index (χ1) is 16.0. The van der Waals surface area contributed by atoms with E-state index in [9.17, 15) is 14.4 Å². The van der Waals surface area contributed by atoms with Gasteiger partial charge >= 0.3 is 0 Å². The Labute approximate surface area is 194 Å². The fourth-order valence-corrected chi connectivity index (χ4v) is 4.18. The molecule has 2 saturated heterocycles. The predicted molar refractivity (Wildman–Crippen MR) is 126 cm³/mol. The second-order valence-corrected chi connectivity index (χ2v) is 8.47. The minimum atomic E-state index is -0.260. The Morgan fingerprint density at radius 1 is 1.06 bits per heavy atom. The molecule has 174 valence electrons. The molecule has 1 N–H and O–H groups in total. The first-order valence-corrected chi connectivity index (χ1v) is 11.3. The molecule has 0 bridgehead atoms. The summed E-state index contributed by atoms with van der Waals surface area (Å²) in [7, 11) is 1.61. The smallest absolute Gasteiger partial charge is 0.254 e. The van der Waals surface area contributed by atoms with E-state index in [1.54, 1.807) is 19.2 Å². The molecule has 2 aliphatic rings. The zero-order valence-corrected chi connectivity index (χ0v) is 19.0. The minimum absolute atomic E-state index is 0.0567. The van der Waals surface area contributed by atoms with Crippen LogP contribution in [0.3, 0.4) is 0 Å². The molecule has 0 aromatic heterocycles. The maximum absolute atomic E-state index is 12.9. The van der Waals surface area contributed by atoms with Crippen molar-refractivity contribution in [2.75, 3.05) is 56.7 Å². The van der Waals surface area contributed by atoms with Gasteiger partial charge in [-0.2, -0.15) is 0 Å². The number of nitrogens with one attached hydrogen (secondary N) is 1. The molecule has 2 aromatic rings. The Kier molecular flexibility index (Phi) is 7.24. The Balaban J connectivity index is 1.30. The van der Waals surface area contributed by atoms with Gasteiger partial charge in [-0.1, -0.05) is 12.1 Å². The highest BCUT2D eigenvalue weighted by molar-refractivity contribution is 5.99. The molecule has 8 nitrogen and oxygen atoms in total. The van der Waals surface area contributed by atoms with Crippen LogP contribution in [0.1, 0.15) is 28.8 Å². The van der Waals surface area contributed by atoms with Crippen molar-refractivity contribution in [3.05, 3.63) is 59.7 Å². The fourth-order valence-electron chi connectivity index (χ4n) is 4.18. The van der Waals surface area contributed by atoms with Crippen LogP contribution in [0.15, 0.2) is 48.5 Å². The molecule has 0 atom stereocenters. The molecule has 2 fully saturated rings. The van der Waals surface area contributed by atoms with Crippen LogP contribution in [0.5, 0.6) is 0 Å². The monoisotopic (exact) mass is 450 g/mol. The normalized spacial score (nSPS) is 16.1. The van der Waals surface area contributed by atoms with Crippen molar-refractivity contribution in [2.45, 2.75) is 19.4 Å². The second kappa shape index (κ2) is 10.5. The number of carbonyl (C=O) groups excluding carboxylic acids is 3. The van der Waals surface area contributed by atoms with Crippen LogP contribution < -0.4 is 10.2 Å². The molecule has 2 heterocycles. The number of rotatable bonds is 7. The van der Waals surface area contributed by atoms with Crippen LogP contribution >= 0.6 is 0 Å². The van der Waals surface area contributed by atoms with Gasteiger partial charge in [0.2, 0.25) is 11.8 Å². The van der Waals surface area contributed by atoms with Crippen LogP contribution in [0.25, 0.3) is 0 Å². The first kappa shape index (κ1) is 22.8. The van der Waals surface area contributed by atoms with E-state index in [1.807, 2.05) is 41.3 Å². The summed E-state index contributed by atoms with van der Waals surface area (Å²) in [5.74, 6) is -0.343. The molecule has 0 radical (unpaired) electrons. The summed E-state index contributed by atoms with van der Waals surface area (Å²) in [6, 6.07) is 15.0. The van der Waals surface area contributed by atoms with Crippen molar-refractivity contribution in [3.63, 3.8) is 0 Å². The largest absolute Gasteiger partial charge is 0.378 e. The second-order valence-electron chi connectivity index (χ2n) is 8.47. The van der Waals surface area contributed by atoms with Crippen molar-refractivity contribution < 1.29 is 19.1 Å². The van der Waals surface area contributed by atoms with Crippen LogP contribution in [-0.4, -0.2) is 74.0 Å². The van der Waals surface area contributed by atoms with Crippen molar-refractivity contribution in [2.24, 2.45) is 0 Å². The van der Waals surface area contributed by atoms with Gasteiger partial charge in [0.15, 0.2) is 0 Å². The molecule has 0 spiro atoms. The number of amides is 3. The molecule has 8 heteroatoms. The molecule has 2 aromatic carbocycles. The third kappa shape index (κ3) is 5.90. The molecule has 0 unspecified atom stereocenters. The lowest BCUT2D eigenvalue weighted by Crippen LogP contribution is -2.36. The summed E-state index contributed by atoms with van der Waals surface area (Å²) in [5, 5.41) is 2.85. The van der Waals surface area contributed by atoms with Gasteiger partial charge in [0.25, 0.3) is 5.91 Å². The van der Waals surface area contributed by atoms with Crippen LogP contribution in [-0.2, 0) is 20.9 Å². The van der Waals surface area contributed by atoms with E-state index in [1.165, 1.54) is 4.90 Å². The SMILES string of the molecule is CN(CC(=O)Nc1ccc(N2CCOCC2)cc1)C(=O)c1cccc(CN2CCCC2=O)c1. The number of hydrogen-bond acceptors (Lipinski definition) is 5. The standard InChI is InChI=1S/C25H30N4O4/c1-27(25(32)20-5-2-4-19(16-20)17-29-11-3-6-24(29)31)18-23(30)26-21-7-9-22(10-8-21)28-12-14-33-15-13-28/h2,4-5,7-10,16H,3,6,11-15,17-18H2,1H3,(H,26,30). The van der Waals surface area contributed by atoms with Gasteiger partial charge in [-0.25, -0.2) is 0 Å². The zero-order chi connectivity index (χ0) is 23.2. The quantitative estimate of drug-likeness (QED) is 0.700. The summed E-state index contributed by atoms with van der Waals surface area (Å²) in [5.41, 5.74) is 3.20. The minimum Gasteiger partial charge on any atom is -0.378 e. The van der Waals surface area contributed by atoms with E-state index < -0.39 is 0 Å². The van der Waals surface area contributed by atoms with Crippen LogP contribution in [0, 0.1) is 0 Å². The fraction of sp³-hybridized carbons (Fsp3) is 0.400. The van der Waals surface area contributed by atoms with Crippen molar-refractivity contribution in [1.82, 2.24) is 9.80 Å². The van der Waals surface area contributed by atoms with Gasteiger partial charge in [0, 0.05) is 56.6 Å². The number of anilines is 2. The lowest BCUT2D eigenvalue weighted by Gasteiger charge is -2.28. The van der Waals surface area contributed by atoms with Crippen molar-refractivity contribution in [1.29, 1.82) is 0 Å². The van der Waals surface area contributed by atoms with Gasteiger partial charge in [-0.3, -0.25) is 14.4 Å². The van der Waals surface area contributed by atoms with Gasteiger partial charge in [-0.05, 0) is 48.4 Å². The van der Waals surface area contributed by atoms with E-state index >= 15 is 0 Å². The number of ether oxygens (including phenoxy) is 1. The molecule has 4 rings (SSSR count).